The van der Waals surface area contributed by atoms with Gasteiger partial charge in [-0.25, -0.2) is 0 Å². The summed E-state index contributed by atoms with van der Waals surface area (Å²) < 4.78 is 5.07. The second kappa shape index (κ2) is 7.56. The summed E-state index contributed by atoms with van der Waals surface area (Å²) in [6.07, 6.45) is 5.88. The highest BCUT2D eigenvalue weighted by molar-refractivity contribution is 5.95. The van der Waals surface area contributed by atoms with Gasteiger partial charge in [-0.3, -0.25) is 9.59 Å². The Morgan fingerprint density at radius 1 is 1.24 bits per heavy atom. The maximum Gasteiger partial charge on any atom is 0.311 e. The molecule has 2 aliphatic rings. The molecule has 3 rings (SSSR count). The minimum atomic E-state index is -0.844. The van der Waals surface area contributed by atoms with Gasteiger partial charge in [0.15, 0.2) is 0 Å². The number of carboxylic acid groups (broad SMARTS) is 1. The number of ether oxygens (including phenoxy) is 1. The molecule has 1 heterocycles. The largest absolute Gasteiger partial charge is 0.481 e. The molecule has 1 saturated heterocycles. The fraction of sp³-hybridized carbons (Fsp3) is 0.600. The van der Waals surface area contributed by atoms with Crippen molar-refractivity contribution in [2.24, 2.45) is 5.41 Å². The number of nitrogens with zero attached hydrogens (tertiary/aromatic N) is 1. The van der Waals surface area contributed by atoms with Crippen molar-refractivity contribution in [3.63, 3.8) is 0 Å². The molecule has 1 fully saturated rings. The fourth-order valence-electron chi connectivity index (χ4n) is 4.23. The lowest BCUT2D eigenvalue weighted by molar-refractivity contribution is -0.152. The van der Waals surface area contributed by atoms with Crippen LogP contribution >= 0.6 is 0 Å². The first-order valence-electron chi connectivity index (χ1n) is 9.19. The number of likely N-dealkylation sites (tertiary alicyclic amines) is 1. The molecule has 0 radical (unpaired) electrons. The molecule has 25 heavy (non-hydrogen) atoms. The Hall–Kier alpha value is -1.88. The van der Waals surface area contributed by atoms with Gasteiger partial charge in [-0.15, -0.1) is 0 Å². The van der Waals surface area contributed by atoms with E-state index in [-0.39, 0.29) is 5.91 Å². The van der Waals surface area contributed by atoms with Crippen molar-refractivity contribution < 1.29 is 19.4 Å². The highest BCUT2D eigenvalue weighted by Gasteiger charge is 2.43. The number of carbonyl (C=O) groups is 2. The van der Waals surface area contributed by atoms with Gasteiger partial charge in [0, 0.05) is 32.4 Å². The lowest BCUT2D eigenvalue weighted by atomic mass is 9.76. The van der Waals surface area contributed by atoms with Gasteiger partial charge in [-0.05, 0) is 68.2 Å². The Morgan fingerprint density at radius 3 is 2.80 bits per heavy atom. The lowest BCUT2D eigenvalue weighted by Gasteiger charge is -2.40. The van der Waals surface area contributed by atoms with Crippen molar-refractivity contribution in [3.05, 3.63) is 34.9 Å². The maximum atomic E-state index is 12.9. The average Bonchev–Trinajstić information content (AvgIpc) is 3.09. The summed E-state index contributed by atoms with van der Waals surface area (Å²) in [7, 11) is 1.62. The predicted octanol–water partition coefficient (Wildman–Crippen LogP) is 2.91. The van der Waals surface area contributed by atoms with Crippen LogP contribution in [0.4, 0.5) is 0 Å². The normalized spacial score (nSPS) is 22.7. The number of piperidine rings is 1. The van der Waals surface area contributed by atoms with E-state index in [1.807, 2.05) is 12.1 Å². The molecule has 0 unspecified atom stereocenters. The summed E-state index contributed by atoms with van der Waals surface area (Å²) in [6.45, 7) is 1.48. The first kappa shape index (κ1) is 17.9. The molecular formula is C20H27NO4. The third-order valence-corrected chi connectivity index (χ3v) is 5.67. The minimum absolute atomic E-state index is 0.0354. The number of carboxylic acids is 1. The van der Waals surface area contributed by atoms with Crippen LogP contribution in [0.25, 0.3) is 0 Å². The summed E-state index contributed by atoms with van der Waals surface area (Å²) >= 11 is 0. The number of methoxy groups -OCH3 is 1. The summed E-state index contributed by atoms with van der Waals surface area (Å²) in [5.74, 6) is -0.832. The Bertz CT molecular complexity index is 657. The molecule has 1 aliphatic heterocycles. The number of rotatable bonds is 6. The second-order valence-corrected chi connectivity index (χ2v) is 7.35. The van der Waals surface area contributed by atoms with Gasteiger partial charge in [0.05, 0.1) is 5.41 Å². The molecule has 1 aliphatic carbocycles. The molecule has 0 aromatic heterocycles. The highest BCUT2D eigenvalue weighted by atomic mass is 16.5. The Morgan fingerprint density at radius 2 is 2.04 bits per heavy atom. The minimum Gasteiger partial charge on any atom is -0.481 e. The zero-order valence-corrected chi connectivity index (χ0v) is 14.9. The number of aliphatic carboxylic acids is 1. The van der Waals surface area contributed by atoms with Gasteiger partial charge < -0.3 is 14.7 Å². The quantitative estimate of drug-likeness (QED) is 0.805. The Balaban J connectivity index is 1.75. The average molecular weight is 345 g/mol. The second-order valence-electron chi connectivity index (χ2n) is 7.35. The molecule has 0 bridgehead atoms. The molecule has 1 atom stereocenters. The van der Waals surface area contributed by atoms with E-state index in [4.69, 9.17) is 4.74 Å². The zero-order chi connectivity index (χ0) is 17.9. The summed E-state index contributed by atoms with van der Waals surface area (Å²) in [4.78, 5) is 26.6. The van der Waals surface area contributed by atoms with Crippen molar-refractivity contribution in [2.45, 2.75) is 44.9 Å². The van der Waals surface area contributed by atoms with E-state index in [9.17, 15) is 14.7 Å². The lowest BCUT2D eigenvalue weighted by Crippen LogP contribution is -2.50. The molecule has 0 saturated carbocycles. The molecule has 136 valence electrons. The molecule has 5 nitrogen and oxygen atoms in total. The zero-order valence-electron chi connectivity index (χ0n) is 14.9. The predicted molar refractivity (Wildman–Crippen MR) is 94.8 cm³/mol. The van der Waals surface area contributed by atoms with Crippen LogP contribution in [0.2, 0.25) is 0 Å². The fourth-order valence-corrected chi connectivity index (χ4v) is 4.23. The van der Waals surface area contributed by atoms with Crippen LogP contribution in [-0.4, -0.2) is 48.7 Å². The first-order chi connectivity index (χ1) is 12.1. The molecule has 1 N–H and O–H groups in total. The van der Waals surface area contributed by atoms with Crippen molar-refractivity contribution in [1.29, 1.82) is 0 Å². The van der Waals surface area contributed by atoms with Crippen LogP contribution in [0.1, 0.15) is 53.6 Å². The third kappa shape index (κ3) is 3.71. The van der Waals surface area contributed by atoms with E-state index in [0.29, 0.717) is 44.5 Å². The van der Waals surface area contributed by atoms with E-state index < -0.39 is 11.4 Å². The van der Waals surface area contributed by atoms with Crippen molar-refractivity contribution in [1.82, 2.24) is 4.90 Å². The van der Waals surface area contributed by atoms with Crippen LogP contribution in [0, 0.1) is 5.41 Å². The van der Waals surface area contributed by atoms with Crippen LogP contribution in [-0.2, 0) is 22.4 Å². The SMILES string of the molecule is COCCC[C@]1(C(=O)O)CCCN(C(=O)c2ccc3c(c2)CCC3)C1. The Labute approximate surface area is 149 Å². The molecule has 1 aromatic rings. The van der Waals surface area contributed by atoms with E-state index in [1.165, 1.54) is 11.1 Å². The third-order valence-electron chi connectivity index (χ3n) is 5.67. The summed E-state index contributed by atoms with van der Waals surface area (Å²) in [5.41, 5.74) is 2.46. The van der Waals surface area contributed by atoms with Gasteiger partial charge in [-0.2, -0.15) is 0 Å². The van der Waals surface area contributed by atoms with Crippen LogP contribution in [0.3, 0.4) is 0 Å². The van der Waals surface area contributed by atoms with Gasteiger partial charge >= 0.3 is 5.97 Å². The number of aryl methyl sites for hydroxylation is 2. The number of amides is 1. The van der Waals surface area contributed by atoms with E-state index >= 15 is 0 Å². The van der Waals surface area contributed by atoms with E-state index in [0.717, 1.165) is 25.7 Å². The van der Waals surface area contributed by atoms with Crippen molar-refractivity contribution >= 4 is 11.9 Å². The monoisotopic (exact) mass is 345 g/mol. The number of hydrogen-bond acceptors (Lipinski definition) is 3. The number of hydrogen-bond donors (Lipinski definition) is 1. The van der Waals surface area contributed by atoms with E-state index in [2.05, 4.69) is 6.07 Å². The number of benzene rings is 1. The standard InChI is InChI=1S/C20H27NO4/c1-25-12-4-10-20(19(23)24)9-3-11-21(14-20)18(22)17-8-7-15-5-2-6-16(15)13-17/h7-8,13H,2-6,9-12,14H2,1H3,(H,23,24)/t20-/m1/s1. The van der Waals surface area contributed by atoms with Crippen LogP contribution < -0.4 is 0 Å². The van der Waals surface area contributed by atoms with Gasteiger partial charge in [0.1, 0.15) is 0 Å². The summed E-state index contributed by atoms with van der Waals surface area (Å²) in [6, 6.07) is 5.96. The molecule has 1 amide bonds. The molecule has 5 heteroatoms. The van der Waals surface area contributed by atoms with Crippen LogP contribution in [0.5, 0.6) is 0 Å². The van der Waals surface area contributed by atoms with E-state index in [1.54, 1.807) is 12.0 Å². The topological polar surface area (TPSA) is 66.8 Å². The van der Waals surface area contributed by atoms with Crippen molar-refractivity contribution in [2.75, 3.05) is 26.8 Å². The number of carbonyl (C=O) groups excluding carboxylic acids is 1. The smallest absolute Gasteiger partial charge is 0.311 e. The van der Waals surface area contributed by atoms with Crippen LogP contribution in [0.15, 0.2) is 18.2 Å². The maximum absolute atomic E-state index is 12.9. The van der Waals surface area contributed by atoms with Gasteiger partial charge in [0.25, 0.3) is 5.91 Å². The van der Waals surface area contributed by atoms with Gasteiger partial charge in [-0.1, -0.05) is 6.07 Å². The molecule has 0 spiro atoms. The highest BCUT2D eigenvalue weighted by Crippen LogP contribution is 2.36. The molecular weight excluding hydrogens is 318 g/mol. The summed E-state index contributed by atoms with van der Waals surface area (Å²) in [5, 5.41) is 9.81. The van der Waals surface area contributed by atoms with Gasteiger partial charge in [0.2, 0.25) is 0 Å². The van der Waals surface area contributed by atoms with Crippen molar-refractivity contribution in [3.8, 4) is 0 Å². The number of fused-ring (bicyclic) bond motifs is 1. The Kier molecular flexibility index (Phi) is 5.42. The molecule has 1 aromatic carbocycles. The first-order valence-corrected chi connectivity index (χ1v) is 9.19.